The molecule has 0 amide bonds. The first kappa shape index (κ1) is 16.4. The average Bonchev–Trinajstić information content (AvgIpc) is 2.98. The minimum absolute atomic E-state index is 0.0368. The zero-order valence-electron chi connectivity index (χ0n) is 14.2. The van der Waals surface area contributed by atoms with Crippen molar-refractivity contribution >= 4 is 22.9 Å². The van der Waals surface area contributed by atoms with Crippen LogP contribution in [0.2, 0.25) is 0 Å². The molecule has 1 aromatic heterocycles. The molecule has 3 heterocycles. The van der Waals surface area contributed by atoms with Crippen molar-refractivity contribution in [1.82, 2.24) is 4.90 Å². The first-order valence-corrected chi connectivity index (χ1v) is 9.45. The molecule has 130 valence electrons. The van der Waals surface area contributed by atoms with Gasteiger partial charge in [-0.25, -0.2) is 0 Å². The summed E-state index contributed by atoms with van der Waals surface area (Å²) in [6, 6.07) is 7.99. The summed E-state index contributed by atoms with van der Waals surface area (Å²) in [4.78, 5) is 14.7. The number of aliphatic carboxylic acids is 1. The van der Waals surface area contributed by atoms with Crippen LogP contribution in [0.3, 0.4) is 0 Å². The first-order valence-electron chi connectivity index (χ1n) is 8.57. The van der Waals surface area contributed by atoms with Crippen LogP contribution in [0.4, 0.5) is 0 Å². The van der Waals surface area contributed by atoms with E-state index in [1.807, 2.05) is 18.2 Å². The number of ether oxygens (including phenoxy) is 1. The lowest BCUT2D eigenvalue weighted by Gasteiger charge is -2.27. The van der Waals surface area contributed by atoms with Crippen LogP contribution in [0.15, 0.2) is 35.2 Å². The van der Waals surface area contributed by atoms with Gasteiger partial charge >= 0.3 is 5.97 Å². The van der Waals surface area contributed by atoms with E-state index in [4.69, 9.17) is 9.84 Å². The molecule has 2 aromatic rings. The number of carbonyl (C=O) groups is 1. The third kappa shape index (κ3) is 3.22. The first-order chi connectivity index (χ1) is 12.1. The van der Waals surface area contributed by atoms with Gasteiger partial charge in [0.05, 0.1) is 6.42 Å². The van der Waals surface area contributed by atoms with E-state index in [0.717, 1.165) is 42.8 Å². The molecule has 1 aromatic carbocycles. The summed E-state index contributed by atoms with van der Waals surface area (Å²) in [5.41, 5.74) is 5.85. The Kier molecular flexibility index (Phi) is 4.36. The number of carboxylic acids is 1. The van der Waals surface area contributed by atoms with Crippen molar-refractivity contribution in [2.24, 2.45) is 0 Å². The number of piperidine rings is 1. The predicted molar refractivity (Wildman–Crippen MR) is 99.2 cm³/mol. The van der Waals surface area contributed by atoms with Crippen molar-refractivity contribution < 1.29 is 14.6 Å². The Morgan fingerprint density at radius 1 is 1.24 bits per heavy atom. The third-order valence-corrected chi connectivity index (χ3v) is 5.88. The maximum Gasteiger partial charge on any atom is 0.307 e. The monoisotopic (exact) mass is 355 g/mol. The van der Waals surface area contributed by atoms with Gasteiger partial charge in [-0.05, 0) is 60.2 Å². The summed E-state index contributed by atoms with van der Waals surface area (Å²) in [7, 11) is 2.16. The Balaban J connectivity index is 1.88. The summed E-state index contributed by atoms with van der Waals surface area (Å²) < 4.78 is 6.05. The lowest BCUT2D eigenvalue weighted by atomic mass is 9.87. The van der Waals surface area contributed by atoms with Gasteiger partial charge in [0.1, 0.15) is 12.4 Å². The molecule has 5 heteroatoms. The molecule has 1 N–H and O–H groups in total. The quantitative estimate of drug-likeness (QED) is 0.890. The number of likely N-dealkylation sites (tertiary alicyclic amines) is 1. The van der Waals surface area contributed by atoms with Gasteiger partial charge in [0, 0.05) is 23.5 Å². The molecule has 0 aliphatic carbocycles. The largest absolute Gasteiger partial charge is 0.487 e. The third-order valence-electron chi connectivity index (χ3n) is 4.99. The minimum Gasteiger partial charge on any atom is -0.487 e. The fourth-order valence-electron chi connectivity index (χ4n) is 3.67. The highest BCUT2D eigenvalue weighted by Crippen LogP contribution is 2.42. The van der Waals surface area contributed by atoms with E-state index < -0.39 is 5.97 Å². The molecule has 2 aliphatic heterocycles. The van der Waals surface area contributed by atoms with Crippen molar-refractivity contribution in [3.63, 3.8) is 0 Å². The van der Waals surface area contributed by atoms with Crippen LogP contribution in [-0.4, -0.2) is 36.1 Å². The number of fused-ring (bicyclic) bond motifs is 2. The normalized spacial score (nSPS) is 17.5. The van der Waals surface area contributed by atoms with Gasteiger partial charge in [-0.2, -0.15) is 0 Å². The molecule has 0 spiro atoms. The molecule has 4 rings (SSSR count). The Morgan fingerprint density at radius 2 is 2.04 bits per heavy atom. The van der Waals surface area contributed by atoms with E-state index in [0.29, 0.717) is 6.61 Å². The summed E-state index contributed by atoms with van der Waals surface area (Å²) in [5.74, 6) is 0.0539. The van der Waals surface area contributed by atoms with Crippen LogP contribution in [0.5, 0.6) is 5.75 Å². The van der Waals surface area contributed by atoms with Crippen molar-refractivity contribution in [3.05, 3.63) is 56.8 Å². The molecule has 0 radical (unpaired) electrons. The van der Waals surface area contributed by atoms with Gasteiger partial charge < -0.3 is 14.7 Å². The van der Waals surface area contributed by atoms with Gasteiger partial charge in [0.2, 0.25) is 0 Å². The van der Waals surface area contributed by atoms with Crippen molar-refractivity contribution in [1.29, 1.82) is 0 Å². The fourth-order valence-corrected chi connectivity index (χ4v) is 4.46. The smallest absolute Gasteiger partial charge is 0.307 e. The average molecular weight is 355 g/mol. The highest BCUT2D eigenvalue weighted by molar-refractivity contribution is 7.10. The maximum absolute atomic E-state index is 11.1. The highest BCUT2D eigenvalue weighted by Gasteiger charge is 2.25. The van der Waals surface area contributed by atoms with Crippen molar-refractivity contribution in [2.75, 3.05) is 20.1 Å². The van der Waals surface area contributed by atoms with E-state index >= 15 is 0 Å². The Morgan fingerprint density at radius 3 is 2.80 bits per heavy atom. The van der Waals surface area contributed by atoms with Crippen LogP contribution in [0, 0.1) is 0 Å². The Bertz CT molecular complexity index is 842. The highest BCUT2D eigenvalue weighted by atomic mass is 32.1. The lowest BCUT2D eigenvalue weighted by Crippen LogP contribution is -2.26. The lowest BCUT2D eigenvalue weighted by molar-refractivity contribution is -0.136. The Labute approximate surface area is 151 Å². The summed E-state index contributed by atoms with van der Waals surface area (Å²) >= 11 is 1.73. The topological polar surface area (TPSA) is 49.8 Å². The predicted octanol–water partition coefficient (Wildman–Crippen LogP) is 3.80. The number of nitrogens with zero attached hydrogens (tertiary/aromatic N) is 1. The molecule has 1 saturated heterocycles. The molecule has 1 fully saturated rings. The minimum atomic E-state index is -0.806. The molecule has 0 saturated carbocycles. The molecule has 25 heavy (non-hydrogen) atoms. The molecule has 4 nitrogen and oxygen atoms in total. The number of thiophene rings is 1. The SMILES string of the molecule is CN1CCC(=C2c3cc(CC(=O)O)ccc3OCc3sccc32)CC1. The second kappa shape index (κ2) is 6.65. The summed E-state index contributed by atoms with van der Waals surface area (Å²) in [6.07, 6.45) is 2.13. The van der Waals surface area contributed by atoms with Gasteiger partial charge in [0.15, 0.2) is 0 Å². The number of hydrogen-bond acceptors (Lipinski definition) is 4. The van der Waals surface area contributed by atoms with Crippen molar-refractivity contribution in [2.45, 2.75) is 25.9 Å². The van der Waals surface area contributed by atoms with Crippen LogP contribution >= 0.6 is 11.3 Å². The van der Waals surface area contributed by atoms with Crippen molar-refractivity contribution in [3.8, 4) is 5.75 Å². The second-order valence-corrected chi connectivity index (χ2v) is 7.73. The fraction of sp³-hybridized carbons (Fsp3) is 0.350. The maximum atomic E-state index is 11.1. The summed E-state index contributed by atoms with van der Waals surface area (Å²) in [5, 5.41) is 11.3. The van der Waals surface area contributed by atoms with Gasteiger partial charge in [0.25, 0.3) is 0 Å². The van der Waals surface area contributed by atoms with Crippen LogP contribution in [0.1, 0.15) is 34.4 Å². The van der Waals surface area contributed by atoms with Gasteiger partial charge in [-0.1, -0.05) is 11.6 Å². The standard InChI is InChI=1S/C20H21NO3S/c1-21-7-4-14(5-8-21)20-15-6-9-25-18(15)12-24-17-3-2-13(10-16(17)20)11-19(22)23/h2-3,6,9-10H,4-5,7-8,11-12H2,1H3,(H,22,23). The van der Waals surface area contributed by atoms with Gasteiger partial charge in [-0.15, -0.1) is 11.3 Å². The molecule has 0 atom stereocenters. The number of hydrogen-bond donors (Lipinski definition) is 1. The van der Waals surface area contributed by atoms with E-state index in [1.165, 1.54) is 21.6 Å². The van der Waals surface area contributed by atoms with E-state index in [9.17, 15) is 4.79 Å². The van der Waals surface area contributed by atoms with E-state index in [1.54, 1.807) is 11.3 Å². The van der Waals surface area contributed by atoms with E-state index in [-0.39, 0.29) is 6.42 Å². The zero-order chi connectivity index (χ0) is 17.4. The Hall–Kier alpha value is -2.11. The number of carboxylic acid groups (broad SMARTS) is 1. The van der Waals surface area contributed by atoms with Gasteiger partial charge in [-0.3, -0.25) is 4.79 Å². The number of benzene rings is 1. The molecular formula is C20H21NO3S. The molecule has 0 unspecified atom stereocenters. The van der Waals surface area contributed by atoms with E-state index in [2.05, 4.69) is 23.4 Å². The molecular weight excluding hydrogens is 334 g/mol. The second-order valence-electron chi connectivity index (χ2n) is 6.73. The molecule has 2 aliphatic rings. The molecule has 0 bridgehead atoms. The summed E-state index contributed by atoms with van der Waals surface area (Å²) in [6.45, 7) is 2.70. The number of rotatable bonds is 2. The van der Waals surface area contributed by atoms with Crippen LogP contribution in [0.25, 0.3) is 5.57 Å². The zero-order valence-corrected chi connectivity index (χ0v) is 15.1. The van der Waals surface area contributed by atoms with Crippen LogP contribution in [-0.2, 0) is 17.8 Å². The van der Waals surface area contributed by atoms with Crippen LogP contribution < -0.4 is 4.74 Å².